The van der Waals surface area contributed by atoms with Crippen molar-refractivity contribution >= 4 is 5.97 Å². The molecule has 2 rings (SSSR count). The summed E-state index contributed by atoms with van der Waals surface area (Å²) in [6.45, 7) is 0. The van der Waals surface area contributed by atoms with E-state index >= 15 is 0 Å². The summed E-state index contributed by atoms with van der Waals surface area (Å²) in [5, 5.41) is 8.60. The van der Waals surface area contributed by atoms with E-state index in [1.807, 2.05) is 0 Å². The smallest absolute Gasteiger partial charge is 0.396 e. The fourth-order valence-corrected chi connectivity index (χ4v) is 2.04. The van der Waals surface area contributed by atoms with E-state index in [0.717, 1.165) is 18.4 Å². The second-order valence-electron chi connectivity index (χ2n) is 4.64. The topological polar surface area (TPSA) is 37.3 Å². The molecule has 2 nitrogen and oxygen atoms in total. The van der Waals surface area contributed by atoms with Crippen LogP contribution in [0.15, 0.2) is 24.3 Å². The zero-order chi connectivity index (χ0) is 13.3. The Kier molecular flexibility index (Phi) is 3.32. The number of carboxylic acids is 1. The fraction of sp³-hybridized carbons (Fsp3) is 0.462. The van der Waals surface area contributed by atoms with Crippen molar-refractivity contribution in [3.05, 3.63) is 35.4 Å². The minimum atomic E-state index is -4.53. The Balaban J connectivity index is 2.29. The van der Waals surface area contributed by atoms with Gasteiger partial charge in [-0.25, -0.2) is 0 Å². The average molecular weight is 258 g/mol. The summed E-state index contributed by atoms with van der Waals surface area (Å²) >= 11 is 0. The van der Waals surface area contributed by atoms with E-state index in [9.17, 15) is 18.0 Å². The Morgan fingerprint density at radius 1 is 1.39 bits per heavy atom. The van der Waals surface area contributed by atoms with Gasteiger partial charge in [-0.1, -0.05) is 24.3 Å². The molecule has 0 bridgehead atoms. The van der Waals surface area contributed by atoms with Gasteiger partial charge in [0.15, 0.2) is 0 Å². The Bertz CT molecular complexity index is 450. The third-order valence-electron chi connectivity index (χ3n) is 3.14. The molecular formula is C13H13F3O2. The van der Waals surface area contributed by atoms with Crippen molar-refractivity contribution in [3.8, 4) is 0 Å². The minimum Gasteiger partial charge on any atom is -0.481 e. The summed E-state index contributed by atoms with van der Waals surface area (Å²) in [5.41, 5.74) is 0.932. The van der Waals surface area contributed by atoms with Crippen molar-refractivity contribution in [1.82, 2.24) is 0 Å². The van der Waals surface area contributed by atoms with Gasteiger partial charge in [0.05, 0.1) is 12.3 Å². The van der Waals surface area contributed by atoms with Gasteiger partial charge in [0, 0.05) is 0 Å². The molecular weight excluding hydrogens is 245 g/mol. The molecule has 18 heavy (non-hydrogen) atoms. The number of hydrogen-bond acceptors (Lipinski definition) is 1. The van der Waals surface area contributed by atoms with Gasteiger partial charge in [0.1, 0.15) is 0 Å². The highest BCUT2D eigenvalue weighted by atomic mass is 19.4. The van der Waals surface area contributed by atoms with Crippen LogP contribution >= 0.6 is 0 Å². The number of rotatable bonds is 4. The molecule has 1 aromatic rings. The SMILES string of the molecule is O=C(O)CC(c1cccc(C2CC2)c1)C(F)(F)F. The van der Waals surface area contributed by atoms with E-state index < -0.39 is 24.5 Å². The Hall–Kier alpha value is -1.52. The van der Waals surface area contributed by atoms with E-state index in [2.05, 4.69) is 0 Å². The monoisotopic (exact) mass is 258 g/mol. The first-order valence-electron chi connectivity index (χ1n) is 5.76. The number of alkyl halides is 3. The van der Waals surface area contributed by atoms with Crippen LogP contribution in [0.25, 0.3) is 0 Å². The van der Waals surface area contributed by atoms with Gasteiger partial charge in [0.2, 0.25) is 0 Å². The summed E-state index contributed by atoms with van der Waals surface area (Å²) in [7, 11) is 0. The van der Waals surface area contributed by atoms with Gasteiger partial charge in [-0.05, 0) is 29.9 Å². The van der Waals surface area contributed by atoms with Gasteiger partial charge in [-0.3, -0.25) is 4.79 Å². The number of halogens is 3. The van der Waals surface area contributed by atoms with Crippen LogP contribution in [0.4, 0.5) is 13.2 Å². The maximum Gasteiger partial charge on any atom is 0.396 e. The standard InChI is InChI=1S/C13H13F3O2/c14-13(15,16)11(7-12(17)18)10-3-1-2-9(6-10)8-4-5-8/h1-3,6,8,11H,4-5,7H2,(H,17,18). The highest BCUT2D eigenvalue weighted by Gasteiger charge is 2.42. The van der Waals surface area contributed by atoms with Gasteiger partial charge in [-0.15, -0.1) is 0 Å². The Labute approximate surface area is 102 Å². The van der Waals surface area contributed by atoms with Crippen LogP contribution in [0.2, 0.25) is 0 Å². The van der Waals surface area contributed by atoms with Crippen molar-refractivity contribution < 1.29 is 23.1 Å². The molecule has 0 radical (unpaired) electrons. The predicted molar refractivity (Wildman–Crippen MR) is 59.5 cm³/mol. The van der Waals surface area contributed by atoms with Crippen LogP contribution in [-0.4, -0.2) is 17.3 Å². The van der Waals surface area contributed by atoms with E-state index in [4.69, 9.17) is 5.11 Å². The quantitative estimate of drug-likeness (QED) is 0.894. The summed E-state index contributed by atoms with van der Waals surface area (Å²) in [4.78, 5) is 10.6. The molecule has 1 unspecified atom stereocenters. The van der Waals surface area contributed by atoms with Crippen molar-refractivity contribution in [3.63, 3.8) is 0 Å². The lowest BCUT2D eigenvalue weighted by molar-refractivity contribution is -0.163. The molecule has 0 amide bonds. The average Bonchev–Trinajstić information content (AvgIpc) is 3.08. The zero-order valence-electron chi connectivity index (χ0n) is 9.57. The molecule has 1 atom stereocenters. The predicted octanol–water partition coefficient (Wildman–Crippen LogP) is 3.68. The molecule has 0 aromatic heterocycles. The van der Waals surface area contributed by atoms with E-state index in [0.29, 0.717) is 5.92 Å². The molecule has 1 fully saturated rings. The first kappa shape index (κ1) is 12.9. The lowest BCUT2D eigenvalue weighted by atomic mass is 9.93. The van der Waals surface area contributed by atoms with E-state index in [1.54, 1.807) is 12.1 Å². The molecule has 5 heteroatoms. The maximum atomic E-state index is 12.9. The number of carbonyl (C=O) groups is 1. The molecule has 1 aromatic carbocycles. The molecule has 0 aliphatic heterocycles. The number of benzene rings is 1. The third kappa shape index (κ3) is 3.03. The third-order valence-corrected chi connectivity index (χ3v) is 3.14. The molecule has 1 N–H and O–H groups in total. The Morgan fingerprint density at radius 3 is 2.56 bits per heavy atom. The Morgan fingerprint density at radius 2 is 2.06 bits per heavy atom. The summed E-state index contributed by atoms with van der Waals surface area (Å²) in [6, 6.07) is 6.23. The molecule has 1 aliphatic carbocycles. The fourth-order valence-electron chi connectivity index (χ4n) is 2.04. The van der Waals surface area contributed by atoms with Crippen LogP contribution < -0.4 is 0 Å². The van der Waals surface area contributed by atoms with Gasteiger partial charge in [0.25, 0.3) is 0 Å². The zero-order valence-corrected chi connectivity index (χ0v) is 9.57. The van der Waals surface area contributed by atoms with Crippen LogP contribution in [-0.2, 0) is 4.79 Å². The lowest BCUT2D eigenvalue weighted by Crippen LogP contribution is -2.23. The lowest BCUT2D eigenvalue weighted by Gasteiger charge is -2.19. The molecule has 1 aliphatic rings. The van der Waals surface area contributed by atoms with E-state index in [-0.39, 0.29) is 5.56 Å². The van der Waals surface area contributed by atoms with Crippen molar-refractivity contribution in [1.29, 1.82) is 0 Å². The minimum absolute atomic E-state index is 0.0503. The normalized spacial score (nSPS) is 17.5. The number of carboxylic acid groups (broad SMARTS) is 1. The van der Waals surface area contributed by atoms with Gasteiger partial charge in [-0.2, -0.15) is 13.2 Å². The van der Waals surface area contributed by atoms with Crippen molar-refractivity contribution in [2.24, 2.45) is 0 Å². The molecule has 0 heterocycles. The van der Waals surface area contributed by atoms with Crippen LogP contribution in [0.5, 0.6) is 0 Å². The number of aliphatic carboxylic acids is 1. The summed E-state index contributed by atoms with van der Waals surface area (Å²) in [5.74, 6) is -3.01. The summed E-state index contributed by atoms with van der Waals surface area (Å²) in [6.07, 6.45) is -3.45. The maximum absolute atomic E-state index is 12.9. The second kappa shape index (κ2) is 4.63. The van der Waals surface area contributed by atoms with Crippen molar-refractivity contribution in [2.75, 3.05) is 0 Å². The first-order valence-corrected chi connectivity index (χ1v) is 5.76. The van der Waals surface area contributed by atoms with Crippen molar-refractivity contribution in [2.45, 2.75) is 37.3 Å². The van der Waals surface area contributed by atoms with Crippen LogP contribution in [0.1, 0.15) is 42.2 Å². The molecule has 98 valence electrons. The van der Waals surface area contributed by atoms with Gasteiger partial charge >= 0.3 is 12.1 Å². The largest absolute Gasteiger partial charge is 0.481 e. The molecule has 1 saturated carbocycles. The van der Waals surface area contributed by atoms with Crippen LogP contribution in [0, 0.1) is 0 Å². The number of hydrogen-bond donors (Lipinski definition) is 1. The van der Waals surface area contributed by atoms with Gasteiger partial charge < -0.3 is 5.11 Å². The first-order chi connectivity index (χ1) is 8.38. The van der Waals surface area contributed by atoms with E-state index in [1.165, 1.54) is 12.1 Å². The molecule has 0 spiro atoms. The van der Waals surface area contributed by atoms with Crippen LogP contribution in [0.3, 0.4) is 0 Å². The summed E-state index contributed by atoms with van der Waals surface area (Å²) < 4.78 is 38.6. The highest BCUT2D eigenvalue weighted by Crippen LogP contribution is 2.43. The molecule has 0 saturated heterocycles. The highest BCUT2D eigenvalue weighted by molar-refractivity contribution is 5.68. The second-order valence-corrected chi connectivity index (χ2v) is 4.64.